The maximum Gasteiger partial charge on any atom is 0.317 e. The van der Waals surface area contributed by atoms with Crippen molar-refractivity contribution in [2.75, 3.05) is 20.2 Å². The summed E-state index contributed by atoms with van der Waals surface area (Å²) in [6.45, 7) is 1.58. The van der Waals surface area contributed by atoms with Gasteiger partial charge in [0.15, 0.2) is 0 Å². The van der Waals surface area contributed by atoms with Gasteiger partial charge in [-0.3, -0.25) is 14.5 Å². The fourth-order valence-corrected chi connectivity index (χ4v) is 2.23. The number of piperidine rings is 1. The van der Waals surface area contributed by atoms with Crippen LogP contribution in [0.2, 0.25) is 0 Å². The van der Waals surface area contributed by atoms with Crippen LogP contribution in [0.1, 0.15) is 12.0 Å². The molecule has 102 valence electrons. The van der Waals surface area contributed by atoms with Crippen LogP contribution in [0.5, 0.6) is 0 Å². The van der Waals surface area contributed by atoms with E-state index in [-0.39, 0.29) is 11.6 Å². The van der Waals surface area contributed by atoms with Crippen molar-refractivity contribution in [3.05, 3.63) is 35.6 Å². The molecule has 1 atom stereocenters. The summed E-state index contributed by atoms with van der Waals surface area (Å²) in [5.41, 5.74) is 0.958. The minimum Gasteiger partial charge on any atom is -0.468 e. The second-order valence-electron chi connectivity index (χ2n) is 4.65. The molecule has 0 bridgehead atoms. The van der Waals surface area contributed by atoms with Gasteiger partial charge >= 0.3 is 5.97 Å². The Morgan fingerprint density at radius 1 is 1.42 bits per heavy atom. The Morgan fingerprint density at radius 3 is 2.74 bits per heavy atom. The van der Waals surface area contributed by atoms with Crippen molar-refractivity contribution in [3.8, 4) is 0 Å². The molecule has 0 saturated carbocycles. The summed E-state index contributed by atoms with van der Waals surface area (Å²) in [4.78, 5) is 25.2. The molecule has 1 aliphatic rings. The summed E-state index contributed by atoms with van der Waals surface area (Å²) in [7, 11) is 1.29. The molecule has 1 aliphatic heterocycles. The summed E-state index contributed by atoms with van der Waals surface area (Å²) in [6, 6.07) is 6.22. The van der Waals surface area contributed by atoms with Crippen LogP contribution < -0.4 is 0 Å². The first-order valence-electron chi connectivity index (χ1n) is 6.17. The van der Waals surface area contributed by atoms with Crippen LogP contribution in [0.25, 0.3) is 0 Å². The van der Waals surface area contributed by atoms with Crippen LogP contribution in [0.4, 0.5) is 4.39 Å². The fraction of sp³-hybridized carbons (Fsp3) is 0.429. The fourth-order valence-electron chi connectivity index (χ4n) is 2.23. The molecule has 4 nitrogen and oxygen atoms in total. The monoisotopic (exact) mass is 265 g/mol. The number of hydrogen-bond donors (Lipinski definition) is 0. The maximum atomic E-state index is 12.8. The smallest absolute Gasteiger partial charge is 0.317 e. The first-order valence-corrected chi connectivity index (χ1v) is 6.17. The topological polar surface area (TPSA) is 46.6 Å². The molecule has 0 radical (unpaired) electrons. The minimum absolute atomic E-state index is 0.0674. The van der Waals surface area contributed by atoms with Gasteiger partial charge in [0.25, 0.3) is 0 Å². The lowest BCUT2D eigenvalue weighted by atomic mass is 9.96. The van der Waals surface area contributed by atoms with Gasteiger partial charge in [0.05, 0.1) is 7.11 Å². The summed E-state index contributed by atoms with van der Waals surface area (Å²) < 4.78 is 17.4. The number of carbonyl (C=O) groups excluding carboxylic acids is 2. The number of ether oxygens (including phenoxy) is 1. The van der Waals surface area contributed by atoms with Crippen molar-refractivity contribution in [3.63, 3.8) is 0 Å². The molecule has 1 fully saturated rings. The van der Waals surface area contributed by atoms with Gasteiger partial charge in [-0.25, -0.2) is 4.39 Å². The van der Waals surface area contributed by atoms with Crippen molar-refractivity contribution in [1.82, 2.24) is 4.90 Å². The molecule has 0 aromatic heterocycles. The van der Waals surface area contributed by atoms with E-state index in [0.717, 1.165) is 5.56 Å². The molecule has 1 heterocycles. The molecule has 1 unspecified atom stereocenters. The van der Waals surface area contributed by atoms with E-state index in [1.165, 1.54) is 19.2 Å². The van der Waals surface area contributed by atoms with Gasteiger partial charge in [0.1, 0.15) is 17.5 Å². The average Bonchev–Trinajstić information content (AvgIpc) is 2.42. The van der Waals surface area contributed by atoms with E-state index in [0.29, 0.717) is 26.1 Å². The Hall–Kier alpha value is -1.75. The number of likely N-dealkylation sites (tertiary alicyclic amines) is 1. The molecule has 19 heavy (non-hydrogen) atoms. The predicted molar refractivity (Wildman–Crippen MR) is 66.8 cm³/mol. The minimum atomic E-state index is -0.695. The molecule has 2 rings (SSSR count). The van der Waals surface area contributed by atoms with Gasteiger partial charge in [-0.1, -0.05) is 12.1 Å². The Bertz CT molecular complexity index is 464. The number of nitrogens with zero attached hydrogens (tertiary/aromatic N) is 1. The Balaban J connectivity index is 2.00. The maximum absolute atomic E-state index is 12.8. The molecular formula is C14H16FNO3. The number of esters is 1. The number of methoxy groups -OCH3 is 1. The highest BCUT2D eigenvalue weighted by Crippen LogP contribution is 2.17. The number of Topliss-reactive ketones (excluding diaryl/α,β-unsaturated/α-hetero) is 1. The molecule has 0 spiro atoms. The normalized spacial score (nSPS) is 20.3. The quantitative estimate of drug-likeness (QED) is 0.612. The lowest BCUT2D eigenvalue weighted by Crippen LogP contribution is -2.44. The van der Waals surface area contributed by atoms with E-state index in [2.05, 4.69) is 4.74 Å². The van der Waals surface area contributed by atoms with Gasteiger partial charge in [-0.05, 0) is 17.7 Å². The second kappa shape index (κ2) is 5.93. The summed E-state index contributed by atoms with van der Waals surface area (Å²) in [6.07, 6.45) is 0.348. The molecule has 1 saturated heterocycles. The molecule has 0 aliphatic carbocycles. The van der Waals surface area contributed by atoms with Crippen molar-refractivity contribution >= 4 is 11.8 Å². The highest BCUT2D eigenvalue weighted by atomic mass is 19.1. The zero-order valence-corrected chi connectivity index (χ0v) is 10.8. The van der Waals surface area contributed by atoms with Crippen LogP contribution in [-0.2, 0) is 20.9 Å². The van der Waals surface area contributed by atoms with E-state index in [9.17, 15) is 14.0 Å². The van der Waals surface area contributed by atoms with Crippen LogP contribution >= 0.6 is 0 Å². The van der Waals surface area contributed by atoms with E-state index in [4.69, 9.17) is 0 Å². The zero-order valence-electron chi connectivity index (χ0n) is 10.8. The van der Waals surface area contributed by atoms with E-state index in [1.54, 1.807) is 12.1 Å². The van der Waals surface area contributed by atoms with E-state index in [1.807, 2.05) is 4.90 Å². The van der Waals surface area contributed by atoms with Gasteiger partial charge in [0, 0.05) is 26.1 Å². The molecular weight excluding hydrogens is 249 g/mol. The number of carbonyl (C=O) groups is 2. The van der Waals surface area contributed by atoms with Crippen molar-refractivity contribution in [2.45, 2.75) is 13.0 Å². The molecule has 0 amide bonds. The van der Waals surface area contributed by atoms with Crippen LogP contribution in [-0.4, -0.2) is 36.9 Å². The van der Waals surface area contributed by atoms with Crippen molar-refractivity contribution in [2.24, 2.45) is 5.92 Å². The molecule has 1 aromatic carbocycles. The summed E-state index contributed by atoms with van der Waals surface area (Å²) >= 11 is 0. The third kappa shape index (κ3) is 3.38. The van der Waals surface area contributed by atoms with Crippen molar-refractivity contribution in [1.29, 1.82) is 0 Å². The molecule has 1 aromatic rings. The Labute approximate surface area is 111 Å². The average molecular weight is 265 g/mol. The highest BCUT2D eigenvalue weighted by Gasteiger charge is 2.33. The first-order chi connectivity index (χ1) is 9.10. The van der Waals surface area contributed by atoms with Crippen LogP contribution in [0.3, 0.4) is 0 Å². The van der Waals surface area contributed by atoms with Gasteiger partial charge in [-0.2, -0.15) is 0 Å². The standard InChI is InChI=1S/C14H16FNO3/c1-19-14(18)12-9-16(7-6-13(12)17)8-10-2-4-11(15)5-3-10/h2-5,12H,6-9H2,1H3. The largest absolute Gasteiger partial charge is 0.468 e. The lowest BCUT2D eigenvalue weighted by molar-refractivity contribution is -0.152. The number of benzene rings is 1. The number of ketones is 1. The second-order valence-corrected chi connectivity index (χ2v) is 4.65. The third-order valence-electron chi connectivity index (χ3n) is 3.31. The zero-order chi connectivity index (χ0) is 13.8. The Morgan fingerprint density at radius 2 is 2.11 bits per heavy atom. The SMILES string of the molecule is COC(=O)C1CN(Cc2ccc(F)cc2)CCC1=O. The molecule has 5 heteroatoms. The van der Waals surface area contributed by atoms with E-state index >= 15 is 0 Å². The van der Waals surface area contributed by atoms with Crippen LogP contribution in [0.15, 0.2) is 24.3 Å². The molecule has 0 N–H and O–H groups in total. The number of hydrogen-bond acceptors (Lipinski definition) is 4. The summed E-state index contributed by atoms with van der Waals surface area (Å²) in [5.74, 6) is -1.51. The highest BCUT2D eigenvalue weighted by molar-refractivity contribution is 5.99. The van der Waals surface area contributed by atoms with Crippen LogP contribution in [0, 0.1) is 11.7 Å². The summed E-state index contributed by atoms with van der Waals surface area (Å²) in [5, 5.41) is 0. The van der Waals surface area contributed by atoms with Gasteiger partial charge < -0.3 is 4.74 Å². The van der Waals surface area contributed by atoms with Crippen molar-refractivity contribution < 1.29 is 18.7 Å². The lowest BCUT2D eigenvalue weighted by Gasteiger charge is -2.30. The third-order valence-corrected chi connectivity index (χ3v) is 3.31. The van der Waals surface area contributed by atoms with E-state index < -0.39 is 11.9 Å². The number of rotatable bonds is 3. The van der Waals surface area contributed by atoms with Gasteiger partial charge in [0.2, 0.25) is 0 Å². The first kappa shape index (κ1) is 13.7. The number of halogens is 1. The van der Waals surface area contributed by atoms with Gasteiger partial charge in [-0.15, -0.1) is 0 Å². The predicted octanol–water partition coefficient (Wildman–Crippen LogP) is 1.39. The Kier molecular flexibility index (Phi) is 4.27.